The van der Waals surface area contributed by atoms with E-state index < -0.39 is 23.5 Å². The lowest BCUT2D eigenvalue weighted by Gasteiger charge is -2.27. The first-order valence-corrected chi connectivity index (χ1v) is 10.2. The predicted molar refractivity (Wildman–Crippen MR) is 122 cm³/mol. The van der Waals surface area contributed by atoms with Crippen molar-refractivity contribution in [2.24, 2.45) is 0 Å². The summed E-state index contributed by atoms with van der Waals surface area (Å²) in [6, 6.07) is 19.4. The van der Waals surface area contributed by atoms with Crippen LogP contribution in [0.5, 0.6) is 11.5 Å². The molecule has 0 saturated carbocycles. The van der Waals surface area contributed by atoms with Gasteiger partial charge in [0, 0.05) is 22.3 Å². The van der Waals surface area contributed by atoms with E-state index in [0.717, 1.165) is 0 Å². The lowest BCUT2D eigenvalue weighted by atomic mass is 9.92. The summed E-state index contributed by atoms with van der Waals surface area (Å²) in [5, 5.41) is 11.3. The lowest BCUT2D eigenvalue weighted by molar-refractivity contribution is -0.117. The Bertz CT molecular complexity index is 1200. The van der Waals surface area contributed by atoms with Crippen molar-refractivity contribution in [3.05, 3.63) is 100 Å². The number of rotatable bonds is 6. The minimum atomic E-state index is -0.856. The van der Waals surface area contributed by atoms with Crippen LogP contribution < -0.4 is 14.4 Å². The van der Waals surface area contributed by atoms with Gasteiger partial charge in [-0.2, -0.15) is 0 Å². The molecule has 0 fully saturated rings. The van der Waals surface area contributed by atoms with Crippen LogP contribution in [0.2, 0.25) is 5.02 Å². The number of halogens is 1. The second-order valence-electron chi connectivity index (χ2n) is 7.13. The van der Waals surface area contributed by atoms with E-state index in [2.05, 4.69) is 0 Å². The fourth-order valence-electron chi connectivity index (χ4n) is 3.78. The van der Waals surface area contributed by atoms with Crippen LogP contribution >= 0.6 is 11.6 Å². The molecule has 0 saturated heterocycles. The second kappa shape index (κ2) is 8.77. The smallest absolute Gasteiger partial charge is 0.294 e. The van der Waals surface area contributed by atoms with Crippen molar-refractivity contribution in [1.29, 1.82) is 0 Å². The Morgan fingerprint density at radius 2 is 1.59 bits per heavy atom. The molecule has 162 valence electrons. The van der Waals surface area contributed by atoms with Gasteiger partial charge in [0.15, 0.2) is 23.0 Å². The molecule has 0 aliphatic carbocycles. The third-order valence-corrected chi connectivity index (χ3v) is 5.57. The van der Waals surface area contributed by atoms with E-state index in [1.165, 1.54) is 19.1 Å². The van der Waals surface area contributed by atoms with Gasteiger partial charge in [0.2, 0.25) is 0 Å². The zero-order valence-corrected chi connectivity index (χ0v) is 18.2. The number of carbonyl (C=O) groups is 2. The molecule has 3 aromatic rings. The Morgan fingerprint density at radius 3 is 2.22 bits per heavy atom. The average molecular weight is 450 g/mol. The predicted octanol–water partition coefficient (Wildman–Crippen LogP) is 5.14. The molecule has 32 heavy (non-hydrogen) atoms. The van der Waals surface area contributed by atoms with Crippen molar-refractivity contribution in [3.63, 3.8) is 0 Å². The number of hydrogen-bond donors (Lipinski definition) is 1. The van der Waals surface area contributed by atoms with Gasteiger partial charge in [-0.1, -0.05) is 54.1 Å². The first-order valence-electron chi connectivity index (χ1n) is 9.80. The van der Waals surface area contributed by atoms with Gasteiger partial charge in [0.1, 0.15) is 0 Å². The number of aliphatic hydroxyl groups is 1. The monoisotopic (exact) mass is 449 g/mol. The fraction of sp³-hybridized carbons (Fsp3) is 0.120. The Morgan fingerprint density at radius 1 is 0.938 bits per heavy atom. The number of carbonyl (C=O) groups excluding carboxylic acids is 2. The summed E-state index contributed by atoms with van der Waals surface area (Å²) in [5.74, 6) is -0.803. The van der Waals surface area contributed by atoms with Crippen LogP contribution in [-0.2, 0) is 4.79 Å². The highest BCUT2D eigenvalue weighted by Gasteiger charge is 2.44. The van der Waals surface area contributed by atoms with E-state index in [9.17, 15) is 14.7 Å². The Hall–Kier alpha value is -3.77. The second-order valence-corrected chi connectivity index (χ2v) is 7.56. The van der Waals surface area contributed by atoms with E-state index in [1.807, 2.05) is 0 Å². The van der Waals surface area contributed by atoms with Crippen LogP contribution in [0, 0.1) is 0 Å². The van der Waals surface area contributed by atoms with Crippen LogP contribution in [0.1, 0.15) is 22.0 Å². The maximum absolute atomic E-state index is 13.4. The normalized spacial score (nSPS) is 15.8. The standard InChI is InChI=1S/C25H20ClNO5/c1-31-19-13-12-18(14-20(19)32-2)27-22(15-8-10-17(26)11-9-15)21(24(29)25(27)30)23(28)16-6-4-3-5-7-16/h3-14,22,29H,1-2H3. The largest absolute Gasteiger partial charge is 0.503 e. The summed E-state index contributed by atoms with van der Waals surface area (Å²) < 4.78 is 10.7. The maximum atomic E-state index is 13.4. The van der Waals surface area contributed by atoms with Crippen LogP contribution in [0.15, 0.2) is 84.1 Å². The van der Waals surface area contributed by atoms with E-state index >= 15 is 0 Å². The van der Waals surface area contributed by atoms with E-state index in [-0.39, 0.29) is 5.57 Å². The van der Waals surface area contributed by atoms with Crippen molar-refractivity contribution in [2.45, 2.75) is 6.04 Å². The number of hydrogen-bond acceptors (Lipinski definition) is 5. The van der Waals surface area contributed by atoms with Gasteiger partial charge in [0.05, 0.1) is 25.8 Å². The number of nitrogens with zero attached hydrogens (tertiary/aromatic N) is 1. The number of ether oxygens (including phenoxy) is 2. The van der Waals surface area contributed by atoms with Gasteiger partial charge >= 0.3 is 0 Å². The van der Waals surface area contributed by atoms with Crippen molar-refractivity contribution in [3.8, 4) is 11.5 Å². The minimum Gasteiger partial charge on any atom is -0.503 e. The minimum absolute atomic E-state index is 0.00157. The zero-order chi connectivity index (χ0) is 22.8. The van der Waals surface area contributed by atoms with Crippen LogP contribution in [0.4, 0.5) is 5.69 Å². The number of methoxy groups -OCH3 is 2. The topological polar surface area (TPSA) is 76.1 Å². The summed E-state index contributed by atoms with van der Waals surface area (Å²) in [7, 11) is 3.00. The molecular formula is C25H20ClNO5. The van der Waals surface area contributed by atoms with E-state index in [0.29, 0.717) is 33.3 Å². The molecule has 1 unspecified atom stereocenters. The van der Waals surface area contributed by atoms with Gasteiger partial charge in [-0.15, -0.1) is 0 Å². The molecule has 0 aromatic heterocycles. The van der Waals surface area contributed by atoms with Gasteiger partial charge < -0.3 is 14.6 Å². The zero-order valence-electron chi connectivity index (χ0n) is 17.4. The van der Waals surface area contributed by atoms with E-state index in [1.54, 1.807) is 72.8 Å². The molecule has 6 nitrogen and oxygen atoms in total. The highest BCUT2D eigenvalue weighted by Crippen LogP contribution is 2.44. The molecule has 1 N–H and O–H groups in total. The van der Waals surface area contributed by atoms with Crippen LogP contribution in [-0.4, -0.2) is 31.0 Å². The molecule has 0 radical (unpaired) electrons. The number of amides is 1. The maximum Gasteiger partial charge on any atom is 0.294 e. The molecule has 0 bridgehead atoms. The molecule has 4 rings (SSSR count). The van der Waals surface area contributed by atoms with Gasteiger partial charge in [-0.25, -0.2) is 0 Å². The fourth-order valence-corrected chi connectivity index (χ4v) is 3.91. The molecule has 7 heteroatoms. The van der Waals surface area contributed by atoms with Gasteiger partial charge in [0.25, 0.3) is 5.91 Å². The number of ketones is 1. The van der Waals surface area contributed by atoms with Crippen molar-refractivity contribution >= 4 is 29.0 Å². The number of aliphatic hydroxyl groups excluding tert-OH is 1. The number of Topliss-reactive ketones (excluding diaryl/α,β-unsaturated/α-hetero) is 1. The Kier molecular flexibility index (Phi) is 5.88. The molecular weight excluding hydrogens is 430 g/mol. The number of anilines is 1. The van der Waals surface area contributed by atoms with Gasteiger partial charge in [-0.3, -0.25) is 14.5 Å². The molecule has 3 aromatic carbocycles. The Labute approximate surface area is 190 Å². The Balaban J connectivity index is 1.88. The van der Waals surface area contributed by atoms with Crippen molar-refractivity contribution in [2.75, 3.05) is 19.1 Å². The molecule has 1 amide bonds. The average Bonchev–Trinajstić information content (AvgIpc) is 3.09. The summed E-state index contributed by atoms with van der Waals surface area (Å²) in [6.07, 6.45) is 0. The molecule has 1 atom stereocenters. The van der Waals surface area contributed by atoms with E-state index in [4.69, 9.17) is 21.1 Å². The van der Waals surface area contributed by atoms with Crippen LogP contribution in [0.25, 0.3) is 0 Å². The molecule has 1 aliphatic heterocycles. The lowest BCUT2D eigenvalue weighted by Crippen LogP contribution is -2.31. The number of benzene rings is 3. The highest BCUT2D eigenvalue weighted by molar-refractivity contribution is 6.30. The highest BCUT2D eigenvalue weighted by atomic mass is 35.5. The summed E-state index contributed by atoms with van der Waals surface area (Å²) in [6.45, 7) is 0. The SMILES string of the molecule is COc1ccc(N2C(=O)C(O)=C(C(=O)c3ccccc3)C2c2ccc(Cl)cc2)cc1OC. The molecule has 1 aliphatic rings. The first-order chi connectivity index (χ1) is 15.5. The quantitative estimate of drug-likeness (QED) is 0.527. The van der Waals surface area contributed by atoms with Crippen molar-refractivity contribution < 1.29 is 24.2 Å². The summed E-state index contributed by atoms with van der Waals surface area (Å²) in [4.78, 5) is 28.0. The summed E-state index contributed by atoms with van der Waals surface area (Å²) >= 11 is 6.06. The van der Waals surface area contributed by atoms with Crippen molar-refractivity contribution in [1.82, 2.24) is 0 Å². The summed E-state index contributed by atoms with van der Waals surface area (Å²) in [5.41, 5.74) is 1.43. The first kappa shape index (κ1) is 21.5. The molecule has 1 heterocycles. The van der Waals surface area contributed by atoms with Gasteiger partial charge in [-0.05, 0) is 29.8 Å². The van der Waals surface area contributed by atoms with Crippen LogP contribution in [0.3, 0.4) is 0 Å². The molecule has 0 spiro atoms. The third kappa shape index (κ3) is 3.69. The third-order valence-electron chi connectivity index (χ3n) is 5.32.